The van der Waals surface area contributed by atoms with Crippen LogP contribution in [0.1, 0.15) is 25.7 Å². The molecule has 1 aliphatic rings. The molecule has 0 heterocycles. The molecule has 0 aromatic carbocycles. The molecule has 0 aromatic rings. The first-order valence-electron chi connectivity index (χ1n) is 4.77. The average Bonchev–Trinajstić information content (AvgIpc) is 2.15. The molecule has 14 heavy (non-hydrogen) atoms. The van der Waals surface area contributed by atoms with Gasteiger partial charge in [0.05, 0.1) is 18.6 Å². The average molecular weight is 263 g/mol. The van der Waals surface area contributed by atoms with Gasteiger partial charge in [-0.05, 0) is 25.7 Å². The van der Waals surface area contributed by atoms with Crippen LogP contribution in [0.4, 0.5) is 0 Å². The van der Waals surface area contributed by atoms with Crippen molar-refractivity contribution in [1.82, 2.24) is 0 Å². The summed E-state index contributed by atoms with van der Waals surface area (Å²) in [6.45, 7) is 4.20. The second-order valence-corrected chi connectivity index (χ2v) is 4.76. The molecule has 4 heteroatoms. The predicted octanol–water partition coefficient (Wildman–Crippen LogP) is 2.56. The van der Waals surface area contributed by atoms with E-state index < -0.39 is 5.97 Å². The number of carbonyl (C=O) groups is 1. The van der Waals surface area contributed by atoms with Crippen molar-refractivity contribution in [1.29, 1.82) is 0 Å². The first-order valence-corrected chi connectivity index (χ1v) is 5.56. The lowest BCUT2D eigenvalue weighted by atomic mass is 9.87. The standard InChI is InChI=1S/C10H15BrO3/c1-7(11)6-14-9-4-2-8(3-5-9)10(12)13/h8-9H,1-6H2,(H,12,13). The molecule has 0 unspecified atom stereocenters. The first kappa shape index (κ1) is 11.7. The molecular weight excluding hydrogens is 248 g/mol. The zero-order valence-corrected chi connectivity index (χ0v) is 9.63. The number of carboxylic acid groups (broad SMARTS) is 1. The van der Waals surface area contributed by atoms with Crippen molar-refractivity contribution in [3.63, 3.8) is 0 Å². The van der Waals surface area contributed by atoms with Crippen LogP contribution < -0.4 is 0 Å². The van der Waals surface area contributed by atoms with Crippen molar-refractivity contribution in [3.8, 4) is 0 Å². The molecule has 0 aromatic heterocycles. The molecule has 1 aliphatic carbocycles. The van der Waals surface area contributed by atoms with E-state index in [4.69, 9.17) is 9.84 Å². The molecule has 3 nitrogen and oxygen atoms in total. The maximum absolute atomic E-state index is 10.7. The summed E-state index contributed by atoms with van der Waals surface area (Å²) in [5, 5.41) is 8.78. The van der Waals surface area contributed by atoms with Crippen LogP contribution in [0.2, 0.25) is 0 Å². The highest BCUT2D eigenvalue weighted by Crippen LogP contribution is 2.26. The largest absolute Gasteiger partial charge is 0.481 e. The fraction of sp³-hybridized carbons (Fsp3) is 0.700. The van der Waals surface area contributed by atoms with Crippen LogP contribution in [0, 0.1) is 5.92 Å². The minimum atomic E-state index is -0.673. The SMILES string of the molecule is C=C(Br)COC1CCC(C(=O)O)CC1. The van der Waals surface area contributed by atoms with Gasteiger partial charge in [-0.15, -0.1) is 0 Å². The Morgan fingerprint density at radius 2 is 2.00 bits per heavy atom. The molecular formula is C10H15BrO3. The normalized spacial score (nSPS) is 27.2. The molecule has 0 atom stereocenters. The van der Waals surface area contributed by atoms with E-state index in [1.807, 2.05) is 0 Å². The predicted molar refractivity (Wildman–Crippen MR) is 57.4 cm³/mol. The highest BCUT2D eigenvalue weighted by molar-refractivity contribution is 9.11. The Morgan fingerprint density at radius 1 is 1.43 bits per heavy atom. The van der Waals surface area contributed by atoms with Crippen LogP contribution in [-0.2, 0) is 9.53 Å². The smallest absolute Gasteiger partial charge is 0.306 e. The third kappa shape index (κ3) is 3.80. The van der Waals surface area contributed by atoms with Crippen molar-refractivity contribution in [3.05, 3.63) is 11.1 Å². The summed E-state index contributed by atoms with van der Waals surface area (Å²) in [6, 6.07) is 0. The lowest BCUT2D eigenvalue weighted by Gasteiger charge is -2.26. The van der Waals surface area contributed by atoms with Gasteiger partial charge in [0.2, 0.25) is 0 Å². The Bertz CT molecular complexity index is 219. The Labute approximate surface area is 92.3 Å². The fourth-order valence-corrected chi connectivity index (χ4v) is 1.82. The first-order chi connectivity index (χ1) is 6.59. The molecule has 0 bridgehead atoms. The number of ether oxygens (including phenoxy) is 1. The molecule has 0 radical (unpaired) electrons. The number of halogens is 1. The van der Waals surface area contributed by atoms with E-state index in [0.717, 1.165) is 30.2 Å². The highest BCUT2D eigenvalue weighted by Gasteiger charge is 2.26. The maximum Gasteiger partial charge on any atom is 0.306 e. The lowest BCUT2D eigenvalue weighted by Crippen LogP contribution is -2.26. The van der Waals surface area contributed by atoms with Crippen molar-refractivity contribution in [2.75, 3.05) is 6.61 Å². The molecule has 1 saturated carbocycles. The van der Waals surface area contributed by atoms with E-state index >= 15 is 0 Å². The Kier molecular flexibility index (Phi) is 4.62. The molecule has 0 amide bonds. The van der Waals surface area contributed by atoms with Gasteiger partial charge in [0.25, 0.3) is 0 Å². The minimum absolute atomic E-state index is 0.165. The summed E-state index contributed by atoms with van der Waals surface area (Å²) < 4.78 is 6.36. The van der Waals surface area contributed by atoms with E-state index in [2.05, 4.69) is 22.5 Å². The monoisotopic (exact) mass is 262 g/mol. The van der Waals surface area contributed by atoms with Gasteiger partial charge in [-0.3, -0.25) is 4.79 Å². The topological polar surface area (TPSA) is 46.5 Å². The third-order valence-electron chi connectivity index (χ3n) is 2.50. The van der Waals surface area contributed by atoms with Gasteiger partial charge in [-0.2, -0.15) is 0 Å². The molecule has 80 valence electrons. The van der Waals surface area contributed by atoms with Gasteiger partial charge in [-0.1, -0.05) is 22.5 Å². The lowest BCUT2D eigenvalue weighted by molar-refractivity contribution is -0.143. The quantitative estimate of drug-likeness (QED) is 0.847. The van der Waals surface area contributed by atoms with Gasteiger partial charge >= 0.3 is 5.97 Å². The Morgan fingerprint density at radius 3 is 2.43 bits per heavy atom. The van der Waals surface area contributed by atoms with Gasteiger partial charge < -0.3 is 9.84 Å². The van der Waals surface area contributed by atoms with Crippen LogP contribution in [0.15, 0.2) is 11.1 Å². The summed E-state index contributed by atoms with van der Waals surface area (Å²) in [6.07, 6.45) is 3.36. The number of rotatable bonds is 4. The van der Waals surface area contributed by atoms with Crippen LogP contribution in [0.3, 0.4) is 0 Å². The van der Waals surface area contributed by atoms with Crippen molar-refractivity contribution in [2.45, 2.75) is 31.8 Å². The number of hydrogen-bond donors (Lipinski definition) is 1. The van der Waals surface area contributed by atoms with Crippen molar-refractivity contribution < 1.29 is 14.6 Å². The van der Waals surface area contributed by atoms with Gasteiger partial charge in [0, 0.05) is 4.48 Å². The van der Waals surface area contributed by atoms with E-state index in [1.54, 1.807) is 0 Å². The molecule has 1 N–H and O–H groups in total. The Balaban J connectivity index is 2.22. The van der Waals surface area contributed by atoms with Gasteiger partial charge in [0.15, 0.2) is 0 Å². The summed E-state index contributed by atoms with van der Waals surface area (Å²) in [5.41, 5.74) is 0. The second-order valence-electron chi connectivity index (χ2n) is 3.64. The highest BCUT2D eigenvalue weighted by atomic mass is 79.9. The van der Waals surface area contributed by atoms with Crippen molar-refractivity contribution >= 4 is 21.9 Å². The van der Waals surface area contributed by atoms with E-state index in [9.17, 15) is 4.79 Å². The number of aliphatic carboxylic acids is 1. The summed E-state index contributed by atoms with van der Waals surface area (Å²) in [5.74, 6) is -0.838. The number of hydrogen-bond acceptors (Lipinski definition) is 2. The fourth-order valence-electron chi connectivity index (χ4n) is 1.68. The van der Waals surface area contributed by atoms with Gasteiger partial charge in [-0.25, -0.2) is 0 Å². The van der Waals surface area contributed by atoms with Crippen molar-refractivity contribution in [2.24, 2.45) is 5.92 Å². The zero-order chi connectivity index (χ0) is 10.6. The molecule has 0 aliphatic heterocycles. The Hall–Kier alpha value is -0.350. The zero-order valence-electron chi connectivity index (χ0n) is 8.04. The molecule has 1 rings (SSSR count). The van der Waals surface area contributed by atoms with Crippen LogP contribution in [0.5, 0.6) is 0 Å². The van der Waals surface area contributed by atoms with E-state index in [0.29, 0.717) is 6.61 Å². The molecule has 1 fully saturated rings. The van der Waals surface area contributed by atoms with Crippen LogP contribution >= 0.6 is 15.9 Å². The van der Waals surface area contributed by atoms with E-state index in [1.165, 1.54) is 0 Å². The van der Waals surface area contributed by atoms with Gasteiger partial charge in [0.1, 0.15) is 0 Å². The van der Waals surface area contributed by atoms with Crippen LogP contribution in [-0.4, -0.2) is 23.8 Å². The van der Waals surface area contributed by atoms with Crippen LogP contribution in [0.25, 0.3) is 0 Å². The summed E-state index contributed by atoms with van der Waals surface area (Å²) in [4.78, 5) is 10.7. The van der Waals surface area contributed by atoms with E-state index in [-0.39, 0.29) is 12.0 Å². The summed E-state index contributed by atoms with van der Waals surface area (Å²) >= 11 is 3.22. The summed E-state index contributed by atoms with van der Waals surface area (Å²) in [7, 11) is 0. The number of carboxylic acids is 1. The minimum Gasteiger partial charge on any atom is -0.481 e. The second kappa shape index (κ2) is 5.51. The third-order valence-corrected chi connectivity index (χ3v) is 2.73. The maximum atomic E-state index is 10.7. The molecule has 0 saturated heterocycles. The molecule has 0 spiro atoms.